The van der Waals surface area contributed by atoms with Crippen LogP contribution in [0.5, 0.6) is 0 Å². The Morgan fingerprint density at radius 1 is 0.364 bits per heavy atom. The summed E-state index contributed by atoms with van der Waals surface area (Å²) in [7, 11) is 0. The van der Waals surface area contributed by atoms with Crippen LogP contribution in [0.25, 0.3) is 11.1 Å². The Morgan fingerprint density at radius 2 is 0.614 bits per heavy atom. The minimum Gasteiger partial charge on any atom is -0.379 e. The van der Waals surface area contributed by atoms with Crippen molar-refractivity contribution in [3.05, 3.63) is 49.1 Å². The number of unbranched alkanes of at least 4 members (excludes halogenated alkanes) is 2. The van der Waals surface area contributed by atoms with Gasteiger partial charge in [0.1, 0.15) is 13.2 Å². The quantitative estimate of drug-likeness (QED) is 0.0932. The van der Waals surface area contributed by atoms with Gasteiger partial charge in [0.2, 0.25) is 0 Å². The number of pyridine rings is 2. The summed E-state index contributed by atoms with van der Waals surface area (Å²) in [6.45, 7) is 15.9. The van der Waals surface area contributed by atoms with E-state index in [1.165, 1.54) is 11.1 Å². The molecule has 0 aliphatic rings. The maximum Gasteiger partial charge on any atom is 0.171 e. The number of aromatic nitrogens is 2. The van der Waals surface area contributed by atoms with Crippen LogP contribution in [0.4, 0.5) is 0 Å². The van der Waals surface area contributed by atoms with E-state index >= 15 is 0 Å². The van der Waals surface area contributed by atoms with E-state index in [9.17, 15) is 0 Å². The Kier molecular flexibility index (Phi) is 24.7. The third-order valence-electron chi connectivity index (χ3n) is 6.62. The SMILES string of the molecule is CCCCOCCOCCOCCOCC[n+]1ccc(-c2cc[n+](CCOCCOCCOCCOCCCC)cc2)cc1. The molecule has 0 N–H and O–H groups in total. The summed E-state index contributed by atoms with van der Waals surface area (Å²) in [5.41, 5.74) is 2.36. The van der Waals surface area contributed by atoms with Gasteiger partial charge >= 0.3 is 0 Å². The van der Waals surface area contributed by atoms with Crippen LogP contribution in [0.2, 0.25) is 0 Å². The van der Waals surface area contributed by atoms with Crippen LogP contribution in [0.15, 0.2) is 49.1 Å². The zero-order chi connectivity index (χ0) is 31.2. The minimum absolute atomic E-state index is 0.570. The van der Waals surface area contributed by atoms with Crippen molar-refractivity contribution >= 4 is 0 Å². The third-order valence-corrected chi connectivity index (χ3v) is 6.62. The molecule has 0 radical (unpaired) electrons. The molecule has 0 spiro atoms. The second-order valence-electron chi connectivity index (χ2n) is 10.3. The largest absolute Gasteiger partial charge is 0.379 e. The Balaban J connectivity index is 1.43. The summed E-state index contributed by atoms with van der Waals surface area (Å²) in [4.78, 5) is 0. The lowest BCUT2D eigenvalue weighted by Gasteiger charge is -2.07. The topological polar surface area (TPSA) is 81.6 Å². The summed E-state index contributed by atoms with van der Waals surface area (Å²) >= 11 is 0. The van der Waals surface area contributed by atoms with Crippen LogP contribution >= 0.6 is 0 Å². The van der Waals surface area contributed by atoms with Crippen molar-refractivity contribution in [3.8, 4) is 11.1 Å². The lowest BCUT2D eigenvalue weighted by Crippen LogP contribution is -2.35. The third kappa shape index (κ3) is 20.8. The highest BCUT2D eigenvalue weighted by atomic mass is 16.6. The molecule has 0 aliphatic carbocycles. The van der Waals surface area contributed by atoms with Gasteiger partial charge in [-0.25, -0.2) is 9.13 Å². The van der Waals surface area contributed by atoms with E-state index in [0.29, 0.717) is 92.5 Å². The number of hydrogen-bond acceptors (Lipinski definition) is 8. The molecule has 0 aromatic carbocycles. The molecule has 0 atom stereocenters. The molecule has 0 saturated heterocycles. The number of rotatable bonds is 31. The normalized spacial score (nSPS) is 11.4. The van der Waals surface area contributed by atoms with Crippen molar-refractivity contribution in [2.75, 3.05) is 106 Å². The van der Waals surface area contributed by atoms with Crippen LogP contribution in [0, 0.1) is 0 Å². The molecule has 2 heterocycles. The molecule has 2 rings (SSSR count). The van der Waals surface area contributed by atoms with Gasteiger partial charge in [0.15, 0.2) is 37.9 Å². The number of ether oxygens (including phenoxy) is 8. The predicted molar refractivity (Wildman–Crippen MR) is 169 cm³/mol. The van der Waals surface area contributed by atoms with Crippen molar-refractivity contribution < 1.29 is 47.0 Å². The molecule has 2 aromatic heterocycles. The molecule has 0 amide bonds. The van der Waals surface area contributed by atoms with Gasteiger partial charge in [-0.15, -0.1) is 0 Å². The standard InChI is InChI=1S/C34H58N2O8/c1-3-5-17-37-21-25-41-29-31-43-27-23-39-19-15-35-11-7-33(8-12-35)34-9-13-36(14-10-34)16-20-40-24-28-44-32-30-42-26-22-38-18-6-4-2/h7-14H,3-6,15-32H2,1-2H3/q+2. The summed E-state index contributed by atoms with van der Waals surface area (Å²) in [6.07, 6.45) is 12.9. The molecule has 2 aromatic rings. The van der Waals surface area contributed by atoms with Crippen molar-refractivity contribution in [2.24, 2.45) is 0 Å². The summed E-state index contributed by atoms with van der Waals surface area (Å²) in [5.74, 6) is 0. The van der Waals surface area contributed by atoms with E-state index in [1.54, 1.807) is 0 Å². The maximum atomic E-state index is 5.70. The fraction of sp³-hybridized carbons (Fsp3) is 0.706. The Labute approximate surface area is 265 Å². The highest BCUT2D eigenvalue weighted by molar-refractivity contribution is 5.60. The van der Waals surface area contributed by atoms with Gasteiger partial charge in [-0.2, -0.15) is 0 Å². The first kappa shape index (κ1) is 38.2. The lowest BCUT2D eigenvalue weighted by molar-refractivity contribution is -0.698. The van der Waals surface area contributed by atoms with Gasteiger partial charge in [-0.05, 0) is 24.0 Å². The molecule has 10 heteroatoms. The molecule has 0 aliphatic heterocycles. The molecule has 250 valence electrons. The summed E-state index contributed by atoms with van der Waals surface area (Å²) in [6, 6.07) is 8.53. The smallest absolute Gasteiger partial charge is 0.171 e. The minimum atomic E-state index is 0.570. The predicted octanol–water partition coefficient (Wildman–Crippen LogP) is 3.66. The zero-order valence-electron chi connectivity index (χ0n) is 27.3. The van der Waals surface area contributed by atoms with E-state index < -0.39 is 0 Å². The number of nitrogens with zero attached hydrogens (tertiary/aromatic N) is 2. The van der Waals surface area contributed by atoms with Gasteiger partial charge in [0.25, 0.3) is 0 Å². The average Bonchev–Trinajstić information content (AvgIpc) is 3.05. The van der Waals surface area contributed by atoms with Gasteiger partial charge in [-0.1, -0.05) is 26.7 Å². The summed E-state index contributed by atoms with van der Waals surface area (Å²) < 4.78 is 48.6. The zero-order valence-corrected chi connectivity index (χ0v) is 27.3. The molecular weight excluding hydrogens is 564 g/mol. The Bertz CT molecular complexity index is 812. The lowest BCUT2D eigenvalue weighted by atomic mass is 10.1. The van der Waals surface area contributed by atoms with Gasteiger partial charge in [-0.3, -0.25) is 0 Å². The molecule has 0 unspecified atom stereocenters. The molecular formula is C34H58N2O8+2. The fourth-order valence-electron chi connectivity index (χ4n) is 3.95. The molecule has 0 fully saturated rings. The van der Waals surface area contributed by atoms with Gasteiger partial charge in [0.05, 0.1) is 79.3 Å². The number of hydrogen-bond donors (Lipinski definition) is 0. The van der Waals surface area contributed by atoms with E-state index in [2.05, 4.69) is 72.0 Å². The van der Waals surface area contributed by atoms with Crippen LogP contribution in [-0.2, 0) is 51.0 Å². The Hall–Kier alpha value is -2.02. The van der Waals surface area contributed by atoms with Gasteiger partial charge < -0.3 is 37.9 Å². The van der Waals surface area contributed by atoms with E-state index in [0.717, 1.165) is 52.0 Å². The van der Waals surface area contributed by atoms with Crippen LogP contribution in [0.1, 0.15) is 39.5 Å². The molecule has 44 heavy (non-hydrogen) atoms. The monoisotopic (exact) mass is 622 g/mol. The van der Waals surface area contributed by atoms with E-state index in [4.69, 9.17) is 37.9 Å². The van der Waals surface area contributed by atoms with Crippen molar-refractivity contribution in [1.29, 1.82) is 0 Å². The van der Waals surface area contributed by atoms with Crippen LogP contribution < -0.4 is 9.13 Å². The first-order chi connectivity index (χ1) is 21.8. The van der Waals surface area contributed by atoms with Crippen molar-refractivity contribution in [1.82, 2.24) is 0 Å². The van der Waals surface area contributed by atoms with Crippen LogP contribution in [-0.4, -0.2) is 106 Å². The first-order valence-corrected chi connectivity index (χ1v) is 16.4. The fourth-order valence-corrected chi connectivity index (χ4v) is 3.95. The summed E-state index contributed by atoms with van der Waals surface area (Å²) in [5, 5.41) is 0. The maximum absolute atomic E-state index is 5.70. The highest BCUT2D eigenvalue weighted by Gasteiger charge is 2.06. The van der Waals surface area contributed by atoms with Crippen molar-refractivity contribution in [3.63, 3.8) is 0 Å². The second kappa shape index (κ2) is 28.5. The van der Waals surface area contributed by atoms with E-state index in [-0.39, 0.29) is 0 Å². The van der Waals surface area contributed by atoms with Crippen LogP contribution in [0.3, 0.4) is 0 Å². The molecule has 0 bridgehead atoms. The average molecular weight is 623 g/mol. The molecule has 10 nitrogen and oxygen atoms in total. The van der Waals surface area contributed by atoms with Gasteiger partial charge in [0, 0.05) is 37.5 Å². The highest BCUT2D eigenvalue weighted by Crippen LogP contribution is 2.15. The Morgan fingerprint density at radius 3 is 0.886 bits per heavy atom. The van der Waals surface area contributed by atoms with Crippen molar-refractivity contribution in [2.45, 2.75) is 52.6 Å². The first-order valence-electron chi connectivity index (χ1n) is 16.4. The van der Waals surface area contributed by atoms with E-state index in [1.807, 2.05) is 0 Å². The molecule has 0 saturated carbocycles. The second-order valence-corrected chi connectivity index (χ2v) is 10.3.